The Kier molecular flexibility index (Phi) is 3.03. The van der Waals surface area contributed by atoms with Crippen LogP contribution in [0.2, 0.25) is 0 Å². The highest BCUT2D eigenvalue weighted by Crippen LogP contribution is 2.40. The maximum atomic E-state index is 10.6. The Morgan fingerprint density at radius 3 is 2.93 bits per heavy atom. The Morgan fingerprint density at radius 2 is 2.33 bits per heavy atom. The minimum absolute atomic E-state index is 0.260. The van der Waals surface area contributed by atoms with E-state index in [0.717, 1.165) is 29.9 Å². The molecule has 1 fully saturated rings. The summed E-state index contributed by atoms with van der Waals surface area (Å²) < 4.78 is 0. The zero-order chi connectivity index (χ0) is 10.9. The van der Waals surface area contributed by atoms with E-state index in [0.29, 0.717) is 0 Å². The monoisotopic (exact) mass is 223 g/mol. The van der Waals surface area contributed by atoms with Crippen molar-refractivity contribution in [3.05, 3.63) is 29.6 Å². The van der Waals surface area contributed by atoms with E-state index in [1.54, 1.807) is 0 Å². The number of aliphatic hydroxyl groups is 1. The normalized spacial score (nSPS) is 31.5. The van der Waals surface area contributed by atoms with Gasteiger partial charge in [-0.2, -0.15) is 11.8 Å². The molecule has 0 aliphatic carbocycles. The lowest BCUT2D eigenvalue weighted by Crippen LogP contribution is -2.38. The van der Waals surface area contributed by atoms with Gasteiger partial charge in [-0.05, 0) is 31.6 Å². The molecule has 2 rings (SSSR count). The van der Waals surface area contributed by atoms with Gasteiger partial charge in [-0.3, -0.25) is 4.98 Å². The van der Waals surface area contributed by atoms with Crippen LogP contribution in [0, 0.1) is 6.92 Å². The smallest absolute Gasteiger partial charge is 0.103 e. The van der Waals surface area contributed by atoms with E-state index in [-0.39, 0.29) is 5.25 Å². The lowest BCUT2D eigenvalue weighted by Gasteiger charge is -2.37. The standard InChI is InChI=1S/C12H17NOS/c1-9-4-5-11(8-13-9)12(14)6-3-7-15-10(12)2/h4-5,8,10,14H,3,6-7H2,1-2H3. The van der Waals surface area contributed by atoms with Crippen LogP contribution in [-0.2, 0) is 5.60 Å². The molecule has 2 nitrogen and oxygen atoms in total. The zero-order valence-electron chi connectivity index (χ0n) is 9.23. The molecule has 3 heteroatoms. The molecule has 2 heterocycles. The first-order valence-electron chi connectivity index (χ1n) is 5.40. The first-order chi connectivity index (χ1) is 7.13. The predicted molar refractivity (Wildman–Crippen MR) is 64.0 cm³/mol. The van der Waals surface area contributed by atoms with Crippen molar-refractivity contribution in [3.63, 3.8) is 0 Å². The highest BCUT2D eigenvalue weighted by molar-refractivity contribution is 8.00. The molecule has 2 atom stereocenters. The maximum Gasteiger partial charge on any atom is 0.103 e. The maximum absolute atomic E-state index is 10.6. The summed E-state index contributed by atoms with van der Waals surface area (Å²) in [5, 5.41) is 10.9. The Bertz CT molecular complexity index is 338. The lowest BCUT2D eigenvalue weighted by atomic mass is 9.87. The molecule has 2 unspecified atom stereocenters. The molecule has 15 heavy (non-hydrogen) atoms. The van der Waals surface area contributed by atoms with Crippen LogP contribution in [0.25, 0.3) is 0 Å². The molecule has 1 N–H and O–H groups in total. The molecule has 1 aliphatic heterocycles. The van der Waals surface area contributed by atoms with Crippen molar-refractivity contribution in [3.8, 4) is 0 Å². The van der Waals surface area contributed by atoms with E-state index in [2.05, 4.69) is 11.9 Å². The molecule has 1 saturated heterocycles. The zero-order valence-corrected chi connectivity index (χ0v) is 10.0. The van der Waals surface area contributed by atoms with Gasteiger partial charge in [0.2, 0.25) is 0 Å². The van der Waals surface area contributed by atoms with Crippen molar-refractivity contribution >= 4 is 11.8 Å². The highest BCUT2D eigenvalue weighted by atomic mass is 32.2. The Balaban J connectivity index is 2.30. The topological polar surface area (TPSA) is 33.1 Å². The van der Waals surface area contributed by atoms with Gasteiger partial charge < -0.3 is 5.11 Å². The van der Waals surface area contributed by atoms with Crippen molar-refractivity contribution < 1.29 is 5.11 Å². The van der Waals surface area contributed by atoms with Gasteiger partial charge >= 0.3 is 0 Å². The minimum Gasteiger partial charge on any atom is -0.384 e. The van der Waals surface area contributed by atoms with E-state index in [1.807, 2.05) is 37.0 Å². The van der Waals surface area contributed by atoms with Crippen LogP contribution in [0.4, 0.5) is 0 Å². The van der Waals surface area contributed by atoms with E-state index in [1.165, 1.54) is 0 Å². The second kappa shape index (κ2) is 4.14. The lowest BCUT2D eigenvalue weighted by molar-refractivity contribution is 0.0251. The third kappa shape index (κ3) is 2.04. The fourth-order valence-corrected chi connectivity index (χ4v) is 3.24. The van der Waals surface area contributed by atoms with Crippen molar-refractivity contribution in [2.75, 3.05) is 5.75 Å². The molecule has 0 radical (unpaired) electrons. The number of aryl methyl sites for hydroxylation is 1. The summed E-state index contributed by atoms with van der Waals surface area (Å²) in [6, 6.07) is 3.98. The summed E-state index contributed by atoms with van der Waals surface area (Å²) in [5.74, 6) is 1.16. The molecule has 0 saturated carbocycles. The summed E-state index contributed by atoms with van der Waals surface area (Å²) in [6.07, 6.45) is 3.75. The van der Waals surface area contributed by atoms with Crippen LogP contribution in [0.3, 0.4) is 0 Å². The predicted octanol–water partition coefficient (Wildman–Crippen LogP) is 2.49. The fourth-order valence-electron chi connectivity index (χ4n) is 2.05. The van der Waals surface area contributed by atoms with Crippen LogP contribution >= 0.6 is 11.8 Å². The van der Waals surface area contributed by atoms with E-state index < -0.39 is 5.60 Å². The van der Waals surface area contributed by atoms with Gasteiger partial charge in [0.1, 0.15) is 5.60 Å². The first-order valence-corrected chi connectivity index (χ1v) is 6.45. The Labute approximate surface area is 95.1 Å². The third-order valence-electron chi connectivity index (χ3n) is 3.15. The van der Waals surface area contributed by atoms with Crippen molar-refractivity contribution in [1.29, 1.82) is 0 Å². The second-order valence-corrected chi connectivity index (χ2v) is 5.68. The minimum atomic E-state index is -0.677. The molecule has 0 spiro atoms. The molecule has 1 aliphatic rings. The van der Waals surface area contributed by atoms with Gasteiger partial charge in [0, 0.05) is 22.7 Å². The summed E-state index contributed by atoms with van der Waals surface area (Å²) in [7, 11) is 0. The van der Waals surface area contributed by atoms with Crippen molar-refractivity contribution in [2.24, 2.45) is 0 Å². The van der Waals surface area contributed by atoms with Crippen LogP contribution in [-0.4, -0.2) is 21.1 Å². The van der Waals surface area contributed by atoms with Crippen molar-refractivity contribution in [2.45, 2.75) is 37.5 Å². The van der Waals surface area contributed by atoms with E-state index in [4.69, 9.17) is 0 Å². The molecular formula is C12H17NOS. The Morgan fingerprint density at radius 1 is 1.53 bits per heavy atom. The average Bonchev–Trinajstić information content (AvgIpc) is 2.23. The summed E-state index contributed by atoms with van der Waals surface area (Å²) in [6.45, 7) is 4.07. The number of aromatic nitrogens is 1. The van der Waals surface area contributed by atoms with Gasteiger partial charge in [-0.25, -0.2) is 0 Å². The van der Waals surface area contributed by atoms with Gasteiger partial charge in [-0.15, -0.1) is 0 Å². The van der Waals surface area contributed by atoms with Crippen LogP contribution in [0.1, 0.15) is 31.0 Å². The molecule has 0 aromatic carbocycles. The molecule has 82 valence electrons. The molecule has 0 amide bonds. The van der Waals surface area contributed by atoms with Crippen LogP contribution < -0.4 is 0 Å². The van der Waals surface area contributed by atoms with Crippen molar-refractivity contribution in [1.82, 2.24) is 4.98 Å². The summed E-state index contributed by atoms with van der Waals surface area (Å²) >= 11 is 1.85. The first kappa shape index (κ1) is 11.0. The number of nitrogens with zero attached hydrogens (tertiary/aromatic N) is 1. The van der Waals surface area contributed by atoms with E-state index in [9.17, 15) is 5.11 Å². The summed E-state index contributed by atoms with van der Waals surface area (Å²) in [5.41, 5.74) is 1.29. The molecule has 1 aromatic heterocycles. The molecular weight excluding hydrogens is 206 g/mol. The van der Waals surface area contributed by atoms with Crippen LogP contribution in [0.5, 0.6) is 0 Å². The number of hydrogen-bond acceptors (Lipinski definition) is 3. The van der Waals surface area contributed by atoms with Gasteiger partial charge in [0.25, 0.3) is 0 Å². The second-order valence-electron chi connectivity index (χ2n) is 4.23. The van der Waals surface area contributed by atoms with Gasteiger partial charge in [0.15, 0.2) is 0 Å². The van der Waals surface area contributed by atoms with E-state index >= 15 is 0 Å². The number of rotatable bonds is 1. The Hall–Kier alpha value is -0.540. The fraction of sp³-hybridized carbons (Fsp3) is 0.583. The van der Waals surface area contributed by atoms with Gasteiger partial charge in [0.05, 0.1) is 0 Å². The number of thioether (sulfide) groups is 1. The molecule has 1 aromatic rings. The number of hydrogen-bond donors (Lipinski definition) is 1. The quantitative estimate of drug-likeness (QED) is 0.794. The summed E-state index contributed by atoms with van der Waals surface area (Å²) in [4.78, 5) is 4.26. The number of pyridine rings is 1. The van der Waals surface area contributed by atoms with Gasteiger partial charge in [-0.1, -0.05) is 13.0 Å². The SMILES string of the molecule is Cc1ccc(C2(O)CCCSC2C)cn1. The molecule has 0 bridgehead atoms. The highest BCUT2D eigenvalue weighted by Gasteiger charge is 2.38. The third-order valence-corrected chi connectivity index (χ3v) is 4.57. The largest absolute Gasteiger partial charge is 0.384 e. The van der Waals surface area contributed by atoms with Crippen LogP contribution in [0.15, 0.2) is 18.3 Å². The average molecular weight is 223 g/mol.